The number of hydrogen-bond acceptors (Lipinski definition) is 3. The van der Waals surface area contributed by atoms with E-state index in [0.717, 1.165) is 22.9 Å². The van der Waals surface area contributed by atoms with Crippen LogP contribution in [0.2, 0.25) is 0 Å². The fraction of sp³-hybridized carbons (Fsp3) is 0.500. The molecule has 0 saturated carbocycles. The summed E-state index contributed by atoms with van der Waals surface area (Å²) < 4.78 is 40.4. The Bertz CT molecular complexity index is 570. The zero-order valence-corrected chi connectivity index (χ0v) is 11.3. The molecule has 0 fully saturated rings. The Morgan fingerprint density at radius 1 is 1.30 bits per heavy atom. The normalized spacial score (nSPS) is 12.1. The predicted molar refractivity (Wildman–Crippen MR) is 66.7 cm³/mol. The number of nitrogens with zero attached hydrogens (tertiary/aromatic N) is 4. The van der Waals surface area contributed by atoms with Crippen molar-refractivity contribution in [3.8, 4) is 0 Å². The first-order valence-electron chi connectivity index (χ1n) is 6.22. The summed E-state index contributed by atoms with van der Waals surface area (Å²) in [6, 6.07) is 1.06. The lowest BCUT2D eigenvalue weighted by Gasteiger charge is -2.04. The molecule has 2 aromatic rings. The number of halogens is 3. The van der Waals surface area contributed by atoms with Gasteiger partial charge in [0, 0.05) is 38.4 Å². The highest BCUT2D eigenvalue weighted by atomic mass is 19.4. The Morgan fingerprint density at radius 3 is 2.60 bits per heavy atom. The maximum Gasteiger partial charge on any atom is 0.433 e. The Balaban J connectivity index is 1.91. The van der Waals surface area contributed by atoms with Crippen LogP contribution in [0, 0.1) is 0 Å². The van der Waals surface area contributed by atoms with Gasteiger partial charge in [0.2, 0.25) is 0 Å². The molecule has 0 bridgehead atoms. The van der Waals surface area contributed by atoms with Crippen LogP contribution in [-0.2, 0) is 32.9 Å². The van der Waals surface area contributed by atoms with Gasteiger partial charge in [-0.15, -0.1) is 0 Å². The van der Waals surface area contributed by atoms with E-state index in [0.29, 0.717) is 12.2 Å². The second-order valence-electron chi connectivity index (χ2n) is 4.45. The molecule has 5 nitrogen and oxygen atoms in total. The second kappa shape index (κ2) is 5.66. The van der Waals surface area contributed by atoms with Crippen molar-refractivity contribution in [2.75, 3.05) is 0 Å². The molecule has 2 aromatic heterocycles. The Kier molecular flexibility index (Phi) is 4.12. The topological polar surface area (TPSA) is 47.7 Å². The van der Waals surface area contributed by atoms with Crippen molar-refractivity contribution < 1.29 is 13.2 Å². The summed E-state index contributed by atoms with van der Waals surface area (Å²) in [6.07, 6.45) is -0.745. The predicted octanol–water partition coefficient (Wildman–Crippen LogP) is 1.95. The van der Waals surface area contributed by atoms with Gasteiger partial charge in [0.25, 0.3) is 0 Å². The van der Waals surface area contributed by atoms with E-state index in [9.17, 15) is 13.2 Å². The van der Waals surface area contributed by atoms with Crippen molar-refractivity contribution in [1.82, 2.24) is 24.9 Å². The molecule has 0 saturated heterocycles. The largest absolute Gasteiger partial charge is 0.433 e. The Morgan fingerprint density at radius 2 is 2.05 bits per heavy atom. The number of aromatic nitrogens is 4. The average molecular weight is 287 g/mol. The van der Waals surface area contributed by atoms with Crippen LogP contribution in [0.5, 0.6) is 0 Å². The van der Waals surface area contributed by atoms with E-state index in [4.69, 9.17) is 0 Å². The van der Waals surface area contributed by atoms with Gasteiger partial charge in [0.15, 0.2) is 0 Å². The Labute approximate surface area is 114 Å². The third-order valence-corrected chi connectivity index (χ3v) is 2.87. The zero-order chi connectivity index (χ0) is 14.8. The van der Waals surface area contributed by atoms with Crippen LogP contribution in [0.3, 0.4) is 0 Å². The fourth-order valence-corrected chi connectivity index (χ4v) is 1.88. The van der Waals surface area contributed by atoms with Crippen molar-refractivity contribution in [1.29, 1.82) is 0 Å². The molecule has 0 aromatic carbocycles. The fourth-order valence-electron chi connectivity index (χ4n) is 1.88. The number of rotatable bonds is 5. The smallest absolute Gasteiger partial charge is 0.307 e. The summed E-state index contributed by atoms with van der Waals surface area (Å²) in [5, 5.41) is 11.0. The summed E-state index contributed by atoms with van der Waals surface area (Å²) in [7, 11) is 1.29. The van der Waals surface area contributed by atoms with Gasteiger partial charge >= 0.3 is 6.18 Å². The van der Waals surface area contributed by atoms with Gasteiger partial charge in [-0.3, -0.25) is 9.36 Å². The van der Waals surface area contributed by atoms with Gasteiger partial charge in [-0.2, -0.15) is 23.4 Å². The lowest BCUT2D eigenvalue weighted by molar-refractivity contribution is -0.143. The van der Waals surface area contributed by atoms with E-state index >= 15 is 0 Å². The third kappa shape index (κ3) is 3.38. The first kappa shape index (κ1) is 14.6. The molecule has 2 heterocycles. The molecule has 0 aliphatic rings. The molecule has 0 aliphatic heterocycles. The molecule has 2 rings (SSSR count). The van der Waals surface area contributed by atoms with Gasteiger partial charge in [0.05, 0.1) is 11.9 Å². The molecular formula is C12H16F3N5. The van der Waals surface area contributed by atoms with E-state index in [1.807, 2.05) is 13.1 Å². The average Bonchev–Trinajstić information content (AvgIpc) is 2.95. The molecule has 0 amide bonds. The molecule has 8 heteroatoms. The first-order valence-corrected chi connectivity index (χ1v) is 6.22. The van der Waals surface area contributed by atoms with Gasteiger partial charge in [0.1, 0.15) is 5.69 Å². The second-order valence-corrected chi connectivity index (χ2v) is 4.45. The van der Waals surface area contributed by atoms with E-state index in [1.54, 1.807) is 10.9 Å². The minimum Gasteiger partial charge on any atom is -0.307 e. The molecular weight excluding hydrogens is 271 g/mol. The van der Waals surface area contributed by atoms with Crippen LogP contribution < -0.4 is 5.32 Å². The minimum absolute atomic E-state index is 0.279. The van der Waals surface area contributed by atoms with E-state index in [1.165, 1.54) is 7.05 Å². The summed E-state index contributed by atoms with van der Waals surface area (Å²) >= 11 is 0. The van der Waals surface area contributed by atoms with Crippen LogP contribution in [0.4, 0.5) is 13.2 Å². The first-order chi connectivity index (χ1) is 9.40. The van der Waals surface area contributed by atoms with Crippen molar-refractivity contribution in [2.24, 2.45) is 7.05 Å². The van der Waals surface area contributed by atoms with Crippen LogP contribution >= 0.6 is 0 Å². The van der Waals surface area contributed by atoms with Gasteiger partial charge < -0.3 is 5.32 Å². The van der Waals surface area contributed by atoms with Crippen LogP contribution in [0.25, 0.3) is 0 Å². The number of hydrogen-bond donors (Lipinski definition) is 1. The van der Waals surface area contributed by atoms with Gasteiger partial charge in [-0.05, 0) is 13.0 Å². The van der Waals surface area contributed by atoms with Gasteiger partial charge in [-0.25, -0.2) is 0 Å². The van der Waals surface area contributed by atoms with Crippen LogP contribution in [0.15, 0.2) is 18.5 Å². The van der Waals surface area contributed by atoms with Gasteiger partial charge in [-0.1, -0.05) is 0 Å². The summed E-state index contributed by atoms with van der Waals surface area (Å²) in [4.78, 5) is 0. The SMILES string of the molecule is CCn1cc(CNCc2cc(C(F)(F)F)n(C)n2)cn1. The molecule has 0 spiro atoms. The number of nitrogens with one attached hydrogen (secondary N) is 1. The van der Waals surface area contributed by atoms with Crippen molar-refractivity contribution in [2.45, 2.75) is 32.7 Å². The summed E-state index contributed by atoms with van der Waals surface area (Å²) in [5.41, 5.74) is 0.606. The van der Waals surface area contributed by atoms with Crippen LogP contribution in [0.1, 0.15) is 23.9 Å². The molecule has 0 atom stereocenters. The van der Waals surface area contributed by atoms with Crippen LogP contribution in [-0.4, -0.2) is 19.6 Å². The highest BCUT2D eigenvalue weighted by molar-refractivity contribution is 5.13. The highest BCUT2D eigenvalue weighted by Crippen LogP contribution is 2.29. The number of alkyl halides is 3. The third-order valence-electron chi connectivity index (χ3n) is 2.87. The zero-order valence-electron chi connectivity index (χ0n) is 11.3. The van der Waals surface area contributed by atoms with Crippen molar-refractivity contribution >= 4 is 0 Å². The standard InChI is InChI=1S/C12H16F3N5/c1-3-20-8-9(6-17-20)5-16-7-10-4-11(12(13,14)15)19(2)18-10/h4,6,8,16H,3,5,7H2,1-2H3. The lowest BCUT2D eigenvalue weighted by Crippen LogP contribution is -2.13. The highest BCUT2D eigenvalue weighted by Gasteiger charge is 2.34. The summed E-state index contributed by atoms with van der Waals surface area (Å²) in [6.45, 7) is 3.59. The van der Waals surface area contributed by atoms with E-state index in [-0.39, 0.29) is 6.54 Å². The molecule has 110 valence electrons. The quantitative estimate of drug-likeness (QED) is 0.914. The van der Waals surface area contributed by atoms with Crippen molar-refractivity contribution in [3.63, 3.8) is 0 Å². The van der Waals surface area contributed by atoms with E-state index in [2.05, 4.69) is 15.5 Å². The molecule has 20 heavy (non-hydrogen) atoms. The Hall–Kier alpha value is -1.83. The lowest BCUT2D eigenvalue weighted by atomic mass is 10.3. The maximum atomic E-state index is 12.6. The maximum absolute atomic E-state index is 12.6. The number of aryl methyl sites for hydroxylation is 2. The monoisotopic (exact) mass is 287 g/mol. The molecule has 1 N–H and O–H groups in total. The molecule has 0 radical (unpaired) electrons. The minimum atomic E-state index is -4.37. The summed E-state index contributed by atoms with van der Waals surface area (Å²) in [5.74, 6) is 0. The molecule has 0 aliphatic carbocycles. The molecule has 0 unspecified atom stereocenters. The van der Waals surface area contributed by atoms with E-state index < -0.39 is 11.9 Å². The van der Waals surface area contributed by atoms with Crippen molar-refractivity contribution in [3.05, 3.63) is 35.4 Å².